The van der Waals surface area contributed by atoms with E-state index in [4.69, 9.17) is 0 Å². The van der Waals surface area contributed by atoms with Crippen molar-refractivity contribution < 1.29 is 0 Å². The van der Waals surface area contributed by atoms with Gasteiger partial charge in [-0.05, 0) is 60.2 Å². The van der Waals surface area contributed by atoms with Gasteiger partial charge in [0.2, 0.25) is 0 Å². The van der Waals surface area contributed by atoms with Crippen LogP contribution in [-0.2, 0) is 19.4 Å². The van der Waals surface area contributed by atoms with Gasteiger partial charge in [0.05, 0.1) is 0 Å². The Kier molecular flexibility index (Phi) is 2.73. The van der Waals surface area contributed by atoms with E-state index in [1.807, 2.05) is 6.20 Å². The van der Waals surface area contributed by atoms with Crippen LogP contribution in [0.1, 0.15) is 23.1 Å². The highest BCUT2D eigenvalue weighted by atomic mass is 14.9. The molecule has 1 aliphatic carbocycles. The first kappa shape index (κ1) is 11.6. The van der Waals surface area contributed by atoms with Crippen molar-refractivity contribution in [2.75, 3.05) is 5.32 Å². The number of aromatic amines is 1. The Hall–Kier alpha value is -2.22. The van der Waals surface area contributed by atoms with Crippen LogP contribution in [0.4, 0.5) is 5.69 Å². The molecule has 0 saturated carbocycles. The molecule has 1 aliphatic rings. The lowest BCUT2D eigenvalue weighted by Crippen LogP contribution is -2.00. The molecule has 0 fully saturated rings. The standard InChI is InChI=1S/C18H18N2/c1-3-13-7-8-16(11-14(13)4-1)20-12-15-5-2-6-18-17(15)9-10-19-18/h2,5-11,19-20H,1,3-4,12H2. The maximum Gasteiger partial charge on any atom is 0.0457 e. The van der Waals surface area contributed by atoms with Gasteiger partial charge in [0.15, 0.2) is 0 Å². The number of rotatable bonds is 3. The third kappa shape index (κ3) is 1.97. The number of aryl methyl sites for hydroxylation is 2. The van der Waals surface area contributed by atoms with Gasteiger partial charge in [0.25, 0.3) is 0 Å². The smallest absolute Gasteiger partial charge is 0.0457 e. The van der Waals surface area contributed by atoms with E-state index >= 15 is 0 Å². The summed E-state index contributed by atoms with van der Waals surface area (Å²) in [6.45, 7) is 0.869. The first-order chi connectivity index (χ1) is 9.90. The second-order valence-electron chi connectivity index (χ2n) is 5.55. The van der Waals surface area contributed by atoms with Crippen molar-refractivity contribution in [3.05, 3.63) is 65.4 Å². The van der Waals surface area contributed by atoms with Crippen molar-refractivity contribution in [3.63, 3.8) is 0 Å². The summed E-state index contributed by atoms with van der Waals surface area (Å²) in [6, 6.07) is 15.4. The van der Waals surface area contributed by atoms with Gasteiger partial charge in [-0.15, -0.1) is 0 Å². The molecule has 2 aromatic carbocycles. The number of anilines is 1. The monoisotopic (exact) mass is 262 g/mol. The molecule has 0 atom stereocenters. The summed E-state index contributed by atoms with van der Waals surface area (Å²) in [5.74, 6) is 0. The van der Waals surface area contributed by atoms with E-state index in [1.165, 1.54) is 52.5 Å². The molecule has 0 amide bonds. The number of aromatic nitrogens is 1. The number of fused-ring (bicyclic) bond motifs is 2. The lowest BCUT2D eigenvalue weighted by Gasteiger charge is -2.09. The second-order valence-corrected chi connectivity index (χ2v) is 5.55. The molecular weight excluding hydrogens is 244 g/mol. The largest absolute Gasteiger partial charge is 0.381 e. The minimum absolute atomic E-state index is 0.869. The van der Waals surface area contributed by atoms with Gasteiger partial charge in [0.1, 0.15) is 0 Å². The van der Waals surface area contributed by atoms with E-state index in [1.54, 1.807) is 0 Å². The number of benzene rings is 2. The zero-order valence-corrected chi connectivity index (χ0v) is 11.4. The minimum atomic E-state index is 0.869. The van der Waals surface area contributed by atoms with Gasteiger partial charge >= 0.3 is 0 Å². The molecule has 4 rings (SSSR count). The Morgan fingerprint density at radius 1 is 1.00 bits per heavy atom. The highest BCUT2D eigenvalue weighted by Gasteiger charge is 2.10. The van der Waals surface area contributed by atoms with Crippen molar-refractivity contribution >= 4 is 16.6 Å². The molecule has 0 radical (unpaired) electrons. The zero-order valence-electron chi connectivity index (χ0n) is 11.4. The van der Waals surface area contributed by atoms with Gasteiger partial charge in [-0.2, -0.15) is 0 Å². The van der Waals surface area contributed by atoms with Crippen LogP contribution in [0.25, 0.3) is 10.9 Å². The van der Waals surface area contributed by atoms with Crippen LogP contribution < -0.4 is 5.32 Å². The van der Waals surface area contributed by atoms with Crippen LogP contribution >= 0.6 is 0 Å². The molecule has 0 saturated heterocycles. The molecule has 0 bridgehead atoms. The number of H-pyrrole nitrogens is 1. The van der Waals surface area contributed by atoms with Gasteiger partial charge < -0.3 is 10.3 Å². The Bertz CT molecular complexity index is 755. The molecule has 0 aliphatic heterocycles. The molecule has 2 heteroatoms. The minimum Gasteiger partial charge on any atom is -0.381 e. The topological polar surface area (TPSA) is 27.8 Å². The fourth-order valence-corrected chi connectivity index (χ4v) is 3.18. The van der Waals surface area contributed by atoms with Gasteiger partial charge in [0, 0.05) is 29.3 Å². The second kappa shape index (κ2) is 4.71. The molecule has 100 valence electrons. The normalized spacial score (nSPS) is 13.6. The lowest BCUT2D eigenvalue weighted by atomic mass is 10.1. The number of hydrogen-bond acceptors (Lipinski definition) is 1. The predicted molar refractivity (Wildman–Crippen MR) is 84.1 cm³/mol. The molecule has 1 heterocycles. The number of nitrogens with one attached hydrogen (secondary N) is 2. The Labute approximate surface area is 118 Å². The summed E-state index contributed by atoms with van der Waals surface area (Å²) < 4.78 is 0. The van der Waals surface area contributed by atoms with Gasteiger partial charge in [-0.1, -0.05) is 18.2 Å². The highest BCUT2D eigenvalue weighted by Crippen LogP contribution is 2.25. The van der Waals surface area contributed by atoms with E-state index in [-0.39, 0.29) is 0 Å². The van der Waals surface area contributed by atoms with E-state index in [2.05, 4.69) is 52.8 Å². The maximum absolute atomic E-state index is 3.56. The summed E-state index contributed by atoms with van der Waals surface area (Å²) in [4.78, 5) is 3.26. The van der Waals surface area contributed by atoms with E-state index in [9.17, 15) is 0 Å². The lowest BCUT2D eigenvalue weighted by molar-refractivity contribution is 0.912. The molecule has 1 aromatic heterocycles. The van der Waals surface area contributed by atoms with Crippen LogP contribution in [-0.4, -0.2) is 4.98 Å². The van der Waals surface area contributed by atoms with Gasteiger partial charge in [-0.25, -0.2) is 0 Å². The quantitative estimate of drug-likeness (QED) is 0.725. The number of hydrogen-bond donors (Lipinski definition) is 2. The van der Waals surface area contributed by atoms with Gasteiger partial charge in [-0.3, -0.25) is 0 Å². The predicted octanol–water partition coefficient (Wildman–Crippen LogP) is 4.27. The van der Waals surface area contributed by atoms with Crippen molar-refractivity contribution in [3.8, 4) is 0 Å². The molecule has 3 aromatic rings. The molecule has 20 heavy (non-hydrogen) atoms. The summed E-state index contributed by atoms with van der Waals surface area (Å²) in [5, 5.41) is 4.87. The fraction of sp³-hybridized carbons (Fsp3) is 0.222. The van der Waals surface area contributed by atoms with Crippen LogP contribution in [0.3, 0.4) is 0 Å². The first-order valence-corrected chi connectivity index (χ1v) is 7.31. The Balaban J connectivity index is 1.57. The molecule has 2 nitrogen and oxygen atoms in total. The molecule has 2 N–H and O–H groups in total. The van der Waals surface area contributed by atoms with Crippen molar-refractivity contribution in [2.24, 2.45) is 0 Å². The Morgan fingerprint density at radius 2 is 1.95 bits per heavy atom. The first-order valence-electron chi connectivity index (χ1n) is 7.31. The highest BCUT2D eigenvalue weighted by molar-refractivity contribution is 5.83. The molecule has 0 unspecified atom stereocenters. The fourth-order valence-electron chi connectivity index (χ4n) is 3.18. The summed E-state index contributed by atoms with van der Waals surface area (Å²) in [7, 11) is 0. The van der Waals surface area contributed by atoms with Crippen LogP contribution in [0.15, 0.2) is 48.7 Å². The van der Waals surface area contributed by atoms with Crippen LogP contribution in [0, 0.1) is 0 Å². The zero-order chi connectivity index (χ0) is 13.4. The SMILES string of the molecule is c1cc(CNc2ccc3c(c2)CCC3)c2cc[nH]c2c1. The van der Waals surface area contributed by atoms with Crippen LogP contribution in [0.2, 0.25) is 0 Å². The average Bonchev–Trinajstić information content (AvgIpc) is 3.13. The van der Waals surface area contributed by atoms with Crippen molar-refractivity contribution in [2.45, 2.75) is 25.8 Å². The van der Waals surface area contributed by atoms with E-state index in [0.29, 0.717) is 0 Å². The summed E-state index contributed by atoms with van der Waals surface area (Å²) >= 11 is 0. The molecule has 0 spiro atoms. The average molecular weight is 262 g/mol. The van der Waals surface area contributed by atoms with Crippen molar-refractivity contribution in [1.82, 2.24) is 4.98 Å². The van der Waals surface area contributed by atoms with Crippen molar-refractivity contribution in [1.29, 1.82) is 0 Å². The summed E-state index contributed by atoms with van der Waals surface area (Å²) in [6.07, 6.45) is 5.79. The maximum atomic E-state index is 3.56. The molecular formula is C18H18N2. The van der Waals surface area contributed by atoms with E-state index in [0.717, 1.165) is 6.54 Å². The third-order valence-corrected chi connectivity index (χ3v) is 4.27. The van der Waals surface area contributed by atoms with Crippen LogP contribution in [0.5, 0.6) is 0 Å². The van der Waals surface area contributed by atoms with E-state index < -0.39 is 0 Å². The Morgan fingerprint density at radius 3 is 2.95 bits per heavy atom. The third-order valence-electron chi connectivity index (χ3n) is 4.27. The summed E-state index contributed by atoms with van der Waals surface area (Å²) in [5.41, 5.74) is 6.83.